The van der Waals surface area contributed by atoms with Crippen molar-refractivity contribution in [3.05, 3.63) is 27.0 Å². The summed E-state index contributed by atoms with van der Waals surface area (Å²) in [5, 5.41) is 0. The second-order valence-corrected chi connectivity index (χ2v) is 9.36. The summed E-state index contributed by atoms with van der Waals surface area (Å²) in [5.41, 5.74) is -1.41. The van der Waals surface area contributed by atoms with Crippen LogP contribution in [0.2, 0.25) is 0 Å². The van der Waals surface area contributed by atoms with Gasteiger partial charge >= 0.3 is 5.69 Å². The molecule has 0 bridgehead atoms. The van der Waals surface area contributed by atoms with Gasteiger partial charge in [0, 0.05) is 53.4 Å². The Labute approximate surface area is 151 Å². The lowest BCUT2D eigenvalue weighted by Crippen LogP contribution is -2.44. The average Bonchev–Trinajstić information content (AvgIpc) is 2.98. The van der Waals surface area contributed by atoms with Crippen LogP contribution in [0.15, 0.2) is 20.7 Å². The van der Waals surface area contributed by atoms with Crippen molar-refractivity contribution in [2.45, 2.75) is 30.2 Å². The Kier molecular flexibility index (Phi) is 4.60. The summed E-state index contributed by atoms with van der Waals surface area (Å²) in [6, 6.07) is -0.267. The molecule has 0 N–H and O–H groups in total. The van der Waals surface area contributed by atoms with Gasteiger partial charge in [-0.05, 0) is 24.7 Å². The molecule has 2 fully saturated rings. The van der Waals surface area contributed by atoms with E-state index in [1.54, 1.807) is 11.9 Å². The molecule has 0 radical (unpaired) electrons. The molecule has 1 aliphatic carbocycles. The maximum absolute atomic E-state index is 13.0. The van der Waals surface area contributed by atoms with Crippen LogP contribution >= 0.6 is 0 Å². The van der Waals surface area contributed by atoms with Crippen molar-refractivity contribution >= 4 is 15.9 Å². The first-order chi connectivity index (χ1) is 12.0. The number of aromatic nitrogens is 2. The number of carbonyl (C=O) groups is 1. The number of hydrogen-bond acceptors (Lipinski definition) is 5. The van der Waals surface area contributed by atoms with Gasteiger partial charge in [0.05, 0.1) is 0 Å². The van der Waals surface area contributed by atoms with Crippen molar-refractivity contribution < 1.29 is 13.2 Å². The quantitative estimate of drug-likeness (QED) is 0.663. The summed E-state index contributed by atoms with van der Waals surface area (Å²) in [4.78, 5) is 37.3. The van der Waals surface area contributed by atoms with Crippen molar-refractivity contribution in [3.63, 3.8) is 0 Å². The molecule has 9 nitrogen and oxygen atoms in total. The Balaban J connectivity index is 1.91. The van der Waals surface area contributed by atoms with Gasteiger partial charge in [-0.3, -0.25) is 14.2 Å². The molecule has 1 saturated heterocycles. The van der Waals surface area contributed by atoms with Crippen LogP contribution in [0.1, 0.15) is 19.3 Å². The Hall–Kier alpha value is -1.94. The van der Waals surface area contributed by atoms with Gasteiger partial charge < -0.3 is 9.47 Å². The van der Waals surface area contributed by atoms with Gasteiger partial charge in [-0.15, -0.1) is 0 Å². The largest absolute Gasteiger partial charge is 0.345 e. The molecule has 26 heavy (non-hydrogen) atoms. The number of fused-ring (bicyclic) bond motifs is 1. The van der Waals surface area contributed by atoms with Crippen LogP contribution in [-0.4, -0.2) is 59.3 Å². The minimum atomic E-state index is -4.04. The second-order valence-electron chi connectivity index (χ2n) is 7.40. The van der Waals surface area contributed by atoms with Crippen LogP contribution in [-0.2, 0) is 28.9 Å². The second kappa shape index (κ2) is 6.34. The van der Waals surface area contributed by atoms with E-state index in [0.717, 1.165) is 15.3 Å². The number of nitrogens with zero attached hydrogens (tertiary/aromatic N) is 4. The highest BCUT2D eigenvalue weighted by Gasteiger charge is 2.44. The fraction of sp³-hybridized carbons (Fsp3) is 0.688. The first-order valence-electron chi connectivity index (χ1n) is 8.52. The number of hydrogen-bond donors (Lipinski definition) is 0. The summed E-state index contributed by atoms with van der Waals surface area (Å²) >= 11 is 0. The molecule has 2 aliphatic rings. The number of piperidine rings is 1. The number of aryl methyl sites for hydroxylation is 1. The molecule has 1 aromatic rings. The van der Waals surface area contributed by atoms with E-state index in [1.165, 1.54) is 25.4 Å². The molecule has 1 aliphatic heterocycles. The first-order valence-corrected chi connectivity index (χ1v) is 9.96. The van der Waals surface area contributed by atoms with Crippen molar-refractivity contribution in [3.8, 4) is 0 Å². The molecule has 3 rings (SSSR count). The third-order valence-electron chi connectivity index (χ3n) is 5.77. The fourth-order valence-corrected chi connectivity index (χ4v) is 5.61. The number of carbonyl (C=O) groups excluding carboxylic acids is 1. The van der Waals surface area contributed by atoms with Gasteiger partial charge in [0.15, 0.2) is 4.90 Å². The normalized spacial score (nSPS) is 26.4. The third kappa shape index (κ3) is 2.90. The van der Waals surface area contributed by atoms with E-state index in [9.17, 15) is 22.8 Å². The molecule has 1 amide bonds. The number of sulfonamides is 1. The molecule has 3 atom stereocenters. The lowest BCUT2D eigenvalue weighted by Gasteiger charge is -2.31. The minimum Gasteiger partial charge on any atom is -0.345 e. The number of likely N-dealkylation sites (tertiary alicyclic amines) is 1. The van der Waals surface area contributed by atoms with Gasteiger partial charge in [0.2, 0.25) is 15.9 Å². The molecular weight excluding hydrogens is 360 g/mol. The van der Waals surface area contributed by atoms with Crippen molar-refractivity contribution in [2.75, 3.05) is 20.6 Å². The maximum Gasteiger partial charge on any atom is 0.330 e. The zero-order chi connectivity index (χ0) is 19.4. The van der Waals surface area contributed by atoms with E-state index in [1.807, 2.05) is 0 Å². The number of rotatable bonds is 3. The summed E-state index contributed by atoms with van der Waals surface area (Å²) in [6.07, 6.45) is 2.78. The van der Waals surface area contributed by atoms with E-state index in [0.29, 0.717) is 25.8 Å². The van der Waals surface area contributed by atoms with Crippen molar-refractivity contribution in [1.82, 2.24) is 18.3 Å². The summed E-state index contributed by atoms with van der Waals surface area (Å²) in [7, 11) is 1.86. The Bertz CT molecular complexity index is 964. The topological polar surface area (TPSA) is 102 Å². The van der Waals surface area contributed by atoms with Gasteiger partial charge in [0.1, 0.15) is 0 Å². The minimum absolute atomic E-state index is 0.0874. The first kappa shape index (κ1) is 18.8. The standard InChI is InChI=1S/C16H24N4O5S/c1-17-8-11-6-12(5-10(11)7-14(17)21)20(4)26(24,25)13-9-18(2)16(23)19(3)15(13)22/h9-12H,5-8H2,1-4H3/t10-,11+,12-/m0/s1. The molecule has 0 unspecified atom stereocenters. The van der Waals surface area contributed by atoms with E-state index < -0.39 is 26.2 Å². The van der Waals surface area contributed by atoms with Crippen LogP contribution in [0.25, 0.3) is 0 Å². The zero-order valence-electron chi connectivity index (χ0n) is 15.4. The third-order valence-corrected chi connectivity index (χ3v) is 7.67. The highest BCUT2D eigenvalue weighted by molar-refractivity contribution is 7.89. The Morgan fingerprint density at radius 2 is 1.69 bits per heavy atom. The smallest absolute Gasteiger partial charge is 0.330 e. The van der Waals surface area contributed by atoms with Gasteiger partial charge in [-0.25, -0.2) is 13.2 Å². The van der Waals surface area contributed by atoms with E-state index >= 15 is 0 Å². The van der Waals surface area contributed by atoms with E-state index in [2.05, 4.69) is 0 Å². The Morgan fingerprint density at radius 3 is 2.35 bits per heavy atom. The van der Waals surface area contributed by atoms with Gasteiger partial charge in [0.25, 0.3) is 5.56 Å². The SMILES string of the molecule is CN1C[C@H]2C[C@@H](N(C)S(=O)(=O)c3cn(C)c(=O)n(C)c3=O)C[C@H]2CC1=O. The molecule has 0 spiro atoms. The van der Waals surface area contributed by atoms with Crippen LogP contribution in [0, 0.1) is 11.8 Å². The van der Waals surface area contributed by atoms with Gasteiger partial charge in [-0.2, -0.15) is 4.31 Å². The molecular formula is C16H24N4O5S. The predicted octanol–water partition coefficient (Wildman–Crippen LogP) is -1.04. The maximum atomic E-state index is 13.0. The number of amides is 1. The van der Waals surface area contributed by atoms with Gasteiger partial charge in [-0.1, -0.05) is 0 Å². The van der Waals surface area contributed by atoms with E-state index in [4.69, 9.17) is 0 Å². The average molecular weight is 384 g/mol. The van der Waals surface area contributed by atoms with Crippen molar-refractivity contribution in [1.29, 1.82) is 0 Å². The molecule has 144 valence electrons. The lowest BCUT2D eigenvalue weighted by molar-refractivity contribution is -0.134. The van der Waals surface area contributed by atoms with E-state index in [-0.39, 0.29) is 23.8 Å². The van der Waals surface area contributed by atoms with Crippen LogP contribution in [0.3, 0.4) is 0 Å². The predicted molar refractivity (Wildman–Crippen MR) is 94.1 cm³/mol. The van der Waals surface area contributed by atoms with Crippen LogP contribution in [0.5, 0.6) is 0 Å². The lowest BCUT2D eigenvalue weighted by atomic mass is 9.88. The highest BCUT2D eigenvalue weighted by atomic mass is 32.2. The molecule has 0 aromatic carbocycles. The van der Waals surface area contributed by atoms with Crippen molar-refractivity contribution in [2.24, 2.45) is 25.9 Å². The highest BCUT2D eigenvalue weighted by Crippen LogP contribution is 2.40. The van der Waals surface area contributed by atoms with Crippen LogP contribution in [0.4, 0.5) is 0 Å². The Morgan fingerprint density at radius 1 is 1.08 bits per heavy atom. The summed E-state index contributed by atoms with van der Waals surface area (Å²) in [6.45, 7) is 0.634. The molecule has 1 saturated carbocycles. The summed E-state index contributed by atoms with van der Waals surface area (Å²) in [5.74, 6) is 0.525. The molecule has 1 aromatic heterocycles. The zero-order valence-corrected chi connectivity index (χ0v) is 16.2. The monoisotopic (exact) mass is 384 g/mol. The fourth-order valence-electron chi connectivity index (χ4n) is 4.09. The molecule has 2 heterocycles. The van der Waals surface area contributed by atoms with Crippen LogP contribution < -0.4 is 11.2 Å². The summed E-state index contributed by atoms with van der Waals surface area (Å²) < 4.78 is 29.1. The molecule has 10 heteroatoms.